The summed E-state index contributed by atoms with van der Waals surface area (Å²) >= 11 is 0. The third-order valence-electron chi connectivity index (χ3n) is 4.26. The molecule has 0 aromatic heterocycles. The molecular formula is C17H21NO3. The Morgan fingerprint density at radius 3 is 2.29 bits per heavy atom. The van der Waals surface area contributed by atoms with Gasteiger partial charge in [0.15, 0.2) is 0 Å². The SMILES string of the molecule is O=C1CCC(N(C(=O)OCc2ccccc2)C2CC2)CC1. The molecule has 3 rings (SSSR count). The quantitative estimate of drug-likeness (QED) is 0.853. The van der Waals surface area contributed by atoms with Crippen molar-refractivity contribution in [3.63, 3.8) is 0 Å². The zero-order chi connectivity index (χ0) is 14.7. The lowest BCUT2D eigenvalue weighted by Crippen LogP contribution is -2.44. The number of carbonyl (C=O) groups is 2. The molecule has 0 heterocycles. The van der Waals surface area contributed by atoms with Crippen molar-refractivity contribution >= 4 is 11.9 Å². The van der Waals surface area contributed by atoms with Gasteiger partial charge in [0, 0.05) is 24.9 Å². The molecule has 0 N–H and O–H groups in total. The minimum absolute atomic E-state index is 0.179. The van der Waals surface area contributed by atoms with Crippen LogP contribution in [0, 0.1) is 0 Å². The smallest absolute Gasteiger partial charge is 0.410 e. The molecule has 21 heavy (non-hydrogen) atoms. The minimum atomic E-state index is -0.222. The molecular weight excluding hydrogens is 266 g/mol. The Balaban J connectivity index is 1.58. The van der Waals surface area contributed by atoms with Gasteiger partial charge in [-0.1, -0.05) is 30.3 Å². The zero-order valence-electron chi connectivity index (χ0n) is 12.2. The molecule has 4 nitrogen and oxygen atoms in total. The maximum absolute atomic E-state index is 12.4. The van der Waals surface area contributed by atoms with Crippen molar-refractivity contribution in [1.82, 2.24) is 4.90 Å². The molecule has 112 valence electrons. The van der Waals surface area contributed by atoms with Crippen LogP contribution in [-0.2, 0) is 16.1 Å². The predicted octanol–water partition coefficient (Wildman–Crippen LogP) is 3.30. The van der Waals surface area contributed by atoms with E-state index < -0.39 is 0 Å². The van der Waals surface area contributed by atoms with E-state index in [-0.39, 0.29) is 12.1 Å². The Labute approximate surface area is 125 Å². The number of Topliss-reactive ketones (excluding diaryl/α,β-unsaturated/α-hetero) is 1. The largest absolute Gasteiger partial charge is 0.445 e. The topological polar surface area (TPSA) is 46.6 Å². The average molecular weight is 287 g/mol. The van der Waals surface area contributed by atoms with Crippen LogP contribution in [0.1, 0.15) is 44.1 Å². The van der Waals surface area contributed by atoms with E-state index in [1.165, 1.54) is 0 Å². The highest BCUT2D eigenvalue weighted by atomic mass is 16.6. The average Bonchev–Trinajstić information content (AvgIpc) is 3.33. The number of ether oxygens (including phenoxy) is 1. The molecule has 1 aromatic rings. The third kappa shape index (κ3) is 3.63. The van der Waals surface area contributed by atoms with E-state index in [1.807, 2.05) is 35.2 Å². The van der Waals surface area contributed by atoms with Crippen LogP contribution < -0.4 is 0 Å². The molecule has 0 bridgehead atoms. The van der Waals surface area contributed by atoms with Crippen LogP contribution in [0.4, 0.5) is 4.79 Å². The number of carbonyl (C=O) groups excluding carboxylic acids is 2. The van der Waals surface area contributed by atoms with Crippen molar-refractivity contribution in [2.45, 2.75) is 57.2 Å². The Hall–Kier alpha value is -1.84. The van der Waals surface area contributed by atoms with Crippen molar-refractivity contribution in [2.24, 2.45) is 0 Å². The second-order valence-corrected chi connectivity index (χ2v) is 5.95. The van der Waals surface area contributed by atoms with Gasteiger partial charge < -0.3 is 9.64 Å². The van der Waals surface area contributed by atoms with Crippen LogP contribution in [0.2, 0.25) is 0 Å². The predicted molar refractivity (Wildman–Crippen MR) is 78.8 cm³/mol. The summed E-state index contributed by atoms with van der Waals surface area (Å²) in [7, 11) is 0. The van der Waals surface area contributed by atoms with E-state index in [0.29, 0.717) is 31.3 Å². The summed E-state index contributed by atoms with van der Waals surface area (Å²) < 4.78 is 5.47. The van der Waals surface area contributed by atoms with Crippen molar-refractivity contribution in [2.75, 3.05) is 0 Å². The van der Waals surface area contributed by atoms with Crippen LogP contribution >= 0.6 is 0 Å². The summed E-state index contributed by atoms with van der Waals surface area (Å²) in [6.45, 7) is 0.314. The van der Waals surface area contributed by atoms with E-state index in [1.54, 1.807) is 0 Å². The van der Waals surface area contributed by atoms with E-state index in [0.717, 1.165) is 31.2 Å². The van der Waals surface area contributed by atoms with Crippen LogP contribution in [0.5, 0.6) is 0 Å². The summed E-state index contributed by atoms with van der Waals surface area (Å²) in [4.78, 5) is 25.7. The number of ketones is 1. The van der Waals surface area contributed by atoms with Gasteiger partial charge >= 0.3 is 6.09 Å². The summed E-state index contributed by atoms with van der Waals surface area (Å²) in [6, 6.07) is 10.2. The van der Waals surface area contributed by atoms with E-state index in [4.69, 9.17) is 4.74 Å². The molecule has 0 spiro atoms. The Morgan fingerprint density at radius 2 is 1.67 bits per heavy atom. The van der Waals surface area contributed by atoms with Gasteiger partial charge in [-0.25, -0.2) is 4.79 Å². The Morgan fingerprint density at radius 1 is 1.05 bits per heavy atom. The van der Waals surface area contributed by atoms with Crippen LogP contribution in [0.25, 0.3) is 0 Å². The summed E-state index contributed by atoms with van der Waals surface area (Å²) in [5.41, 5.74) is 1.00. The Kier molecular flexibility index (Phi) is 4.23. The van der Waals surface area contributed by atoms with Gasteiger partial charge in [-0.2, -0.15) is 0 Å². The fourth-order valence-electron chi connectivity index (χ4n) is 2.95. The molecule has 0 atom stereocenters. The maximum Gasteiger partial charge on any atom is 0.410 e. The first-order valence-electron chi connectivity index (χ1n) is 7.75. The fourth-order valence-corrected chi connectivity index (χ4v) is 2.95. The van der Waals surface area contributed by atoms with Crippen molar-refractivity contribution in [3.8, 4) is 0 Å². The molecule has 2 aliphatic carbocycles. The maximum atomic E-state index is 12.4. The summed E-state index contributed by atoms with van der Waals surface area (Å²) in [5, 5.41) is 0. The first kappa shape index (κ1) is 14.1. The van der Waals surface area contributed by atoms with E-state index >= 15 is 0 Å². The van der Waals surface area contributed by atoms with Gasteiger partial charge in [0.2, 0.25) is 0 Å². The number of amides is 1. The molecule has 2 saturated carbocycles. The van der Waals surface area contributed by atoms with E-state index in [9.17, 15) is 9.59 Å². The van der Waals surface area contributed by atoms with Gasteiger partial charge in [0.1, 0.15) is 12.4 Å². The minimum Gasteiger partial charge on any atom is -0.445 e. The second kappa shape index (κ2) is 6.29. The standard InChI is InChI=1S/C17H21NO3/c19-16-10-8-15(9-11-16)18(14-6-7-14)17(20)21-12-13-4-2-1-3-5-13/h1-5,14-15H,6-12H2. The third-order valence-corrected chi connectivity index (χ3v) is 4.26. The number of hydrogen-bond acceptors (Lipinski definition) is 3. The van der Waals surface area contributed by atoms with Gasteiger partial charge in [0.05, 0.1) is 0 Å². The molecule has 0 unspecified atom stereocenters. The molecule has 2 fully saturated rings. The second-order valence-electron chi connectivity index (χ2n) is 5.95. The highest BCUT2D eigenvalue weighted by molar-refractivity contribution is 5.79. The number of hydrogen-bond donors (Lipinski definition) is 0. The van der Waals surface area contributed by atoms with Crippen LogP contribution in [0.3, 0.4) is 0 Å². The Bertz CT molecular complexity index is 500. The normalized spacial score (nSPS) is 19.3. The monoisotopic (exact) mass is 287 g/mol. The summed E-state index contributed by atoms with van der Waals surface area (Å²) in [5.74, 6) is 0.319. The number of benzene rings is 1. The number of nitrogens with zero attached hydrogens (tertiary/aromatic N) is 1. The van der Waals surface area contributed by atoms with Crippen molar-refractivity contribution in [3.05, 3.63) is 35.9 Å². The lowest BCUT2D eigenvalue weighted by molar-refractivity contribution is -0.121. The van der Waals surface area contributed by atoms with E-state index in [2.05, 4.69) is 0 Å². The molecule has 0 saturated heterocycles. The van der Waals surface area contributed by atoms with Crippen LogP contribution in [0.15, 0.2) is 30.3 Å². The first-order chi connectivity index (χ1) is 10.2. The molecule has 0 aliphatic heterocycles. The first-order valence-corrected chi connectivity index (χ1v) is 7.75. The van der Waals surface area contributed by atoms with Crippen molar-refractivity contribution < 1.29 is 14.3 Å². The number of rotatable bonds is 4. The lowest BCUT2D eigenvalue weighted by atomic mass is 9.93. The fraction of sp³-hybridized carbons (Fsp3) is 0.529. The highest BCUT2D eigenvalue weighted by Gasteiger charge is 2.39. The summed E-state index contributed by atoms with van der Waals surface area (Å²) in [6.07, 6.45) is 4.67. The zero-order valence-corrected chi connectivity index (χ0v) is 12.2. The highest BCUT2D eigenvalue weighted by Crippen LogP contribution is 2.33. The molecule has 0 radical (unpaired) electrons. The molecule has 4 heteroatoms. The van der Waals surface area contributed by atoms with Gasteiger partial charge in [-0.15, -0.1) is 0 Å². The molecule has 1 amide bonds. The van der Waals surface area contributed by atoms with Crippen LogP contribution in [-0.4, -0.2) is 28.9 Å². The van der Waals surface area contributed by atoms with Gasteiger partial charge in [-0.3, -0.25) is 4.79 Å². The van der Waals surface area contributed by atoms with Gasteiger partial charge in [-0.05, 0) is 31.2 Å². The van der Waals surface area contributed by atoms with Gasteiger partial charge in [0.25, 0.3) is 0 Å². The molecule has 1 aromatic carbocycles. The lowest BCUT2D eigenvalue weighted by Gasteiger charge is -2.33. The molecule has 2 aliphatic rings. The van der Waals surface area contributed by atoms with Crippen molar-refractivity contribution in [1.29, 1.82) is 0 Å².